The van der Waals surface area contributed by atoms with Crippen LogP contribution >= 0.6 is 23.5 Å². The number of hydrogen-bond donors (Lipinski definition) is 0. The van der Waals surface area contributed by atoms with Gasteiger partial charge in [-0.3, -0.25) is 0 Å². The third kappa shape index (κ3) is 4.11. The van der Waals surface area contributed by atoms with Crippen LogP contribution in [0.1, 0.15) is 22.3 Å². The predicted octanol–water partition coefficient (Wildman–Crippen LogP) is 9.34. The molecule has 6 aromatic carbocycles. The molecule has 6 aromatic rings. The zero-order chi connectivity index (χ0) is 28.4. The largest absolute Gasteiger partial charge is 0.492 e. The molecule has 0 N–H and O–H groups in total. The van der Waals surface area contributed by atoms with Gasteiger partial charge in [0.25, 0.3) is 0 Å². The number of ether oxygens (including phenoxy) is 2. The van der Waals surface area contributed by atoms with E-state index in [0.29, 0.717) is 10.5 Å². The van der Waals surface area contributed by atoms with Crippen molar-refractivity contribution in [2.45, 2.75) is 15.9 Å². The molecule has 1 aliphatic carbocycles. The summed E-state index contributed by atoms with van der Waals surface area (Å²) in [6, 6.07) is 44.7. The molecule has 0 spiro atoms. The number of hydrogen-bond acceptors (Lipinski definition) is 4. The Morgan fingerprint density at radius 1 is 0.465 bits per heavy atom. The molecule has 0 aromatic heterocycles. The first-order chi connectivity index (χ1) is 21.3. The quantitative estimate of drug-likeness (QED) is 0.163. The molecule has 2 nitrogen and oxygen atoms in total. The highest BCUT2D eigenvalue weighted by molar-refractivity contribution is 8.07. The molecule has 2 fully saturated rings. The fourth-order valence-electron chi connectivity index (χ4n) is 7.12. The van der Waals surface area contributed by atoms with E-state index in [-0.39, 0.29) is 0 Å². The van der Waals surface area contributed by atoms with Gasteiger partial charge in [-0.15, -0.1) is 0 Å². The highest BCUT2D eigenvalue weighted by atomic mass is 32.2. The van der Waals surface area contributed by atoms with Gasteiger partial charge in [0.1, 0.15) is 24.7 Å². The molecule has 2 saturated heterocycles. The van der Waals surface area contributed by atoms with Crippen LogP contribution in [0.25, 0.3) is 32.7 Å². The van der Waals surface area contributed by atoms with Crippen LogP contribution in [0.3, 0.4) is 0 Å². The molecular formula is C39H30O2S2. The van der Waals surface area contributed by atoms with Gasteiger partial charge in [0.15, 0.2) is 0 Å². The third-order valence-corrected chi connectivity index (χ3v) is 11.1. The summed E-state index contributed by atoms with van der Waals surface area (Å²) in [4.78, 5) is 0. The van der Waals surface area contributed by atoms with Crippen LogP contribution in [0.5, 0.6) is 11.5 Å². The van der Waals surface area contributed by atoms with Crippen LogP contribution in [-0.2, 0) is 5.41 Å². The van der Waals surface area contributed by atoms with Gasteiger partial charge in [-0.2, -0.15) is 23.5 Å². The summed E-state index contributed by atoms with van der Waals surface area (Å²) < 4.78 is 12.9. The molecule has 43 heavy (non-hydrogen) atoms. The summed E-state index contributed by atoms with van der Waals surface area (Å²) in [6.07, 6.45) is 0. The van der Waals surface area contributed by atoms with E-state index in [1.165, 1.54) is 55.7 Å². The van der Waals surface area contributed by atoms with E-state index in [1.54, 1.807) is 0 Å². The van der Waals surface area contributed by atoms with Crippen molar-refractivity contribution >= 4 is 45.1 Å². The molecule has 3 aliphatic rings. The summed E-state index contributed by atoms with van der Waals surface area (Å²) in [5.74, 6) is 4.32. The van der Waals surface area contributed by atoms with Crippen molar-refractivity contribution in [1.82, 2.24) is 0 Å². The Kier molecular flexibility index (Phi) is 6.02. The third-order valence-electron chi connectivity index (χ3n) is 9.18. The van der Waals surface area contributed by atoms with E-state index >= 15 is 0 Å². The second-order valence-corrected chi connectivity index (χ2v) is 14.4. The van der Waals surface area contributed by atoms with Crippen molar-refractivity contribution in [3.05, 3.63) is 144 Å². The Morgan fingerprint density at radius 2 is 0.860 bits per heavy atom. The fraction of sp³-hybridized carbons (Fsp3) is 0.179. The highest BCUT2D eigenvalue weighted by Crippen LogP contribution is 2.58. The summed E-state index contributed by atoms with van der Waals surface area (Å²) in [7, 11) is 0. The van der Waals surface area contributed by atoms with Crippen molar-refractivity contribution in [2.75, 3.05) is 24.7 Å². The van der Waals surface area contributed by atoms with E-state index in [0.717, 1.165) is 35.5 Å². The topological polar surface area (TPSA) is 18.5 Å². The first kappa shape index (κ1) is 25.6. The maximum Gasteiger partial charge on any atom is 0.127 e. The Balaban J connectivity index is 1.36. The van der Waals surface area contributed by atoms with Gasteiger partial charge in [0.2, 0.25) is 0 Å². The van der Waals surface area contributed by atoms with Crippen LogP contribution in [0.4, 0.5) is 0 Å². The minimum atomic E-state index is -0.526. The minimum absolute atomic E-state index is 0.526. The molecule has 4 heteroatoms. The van der Waals surface area contributed by atoms with Crippen molar-refractivity contribution in [1.29, 1.82) is 0 Å². The number of thioether (sulfide) groups is 2. The smallest absolute Gasteiger partial charge is 0.127 e. The van der Waals surface area contributed by atoms with E-state index in [1.807, 2.05) is 23.5 Å². The first-order valence-electron chi connectivity index (χ1n) is 15.0. The lowest BCUT2D eigenvalue weighted by Crippen LogP contribution is -2.29. The Hall–Kier alpha value is -3.86. The fourth-order valence-corrected chi connectivity index (χ4v) is 7.92. The summed E-state index contributed by atoms with van der Waals surface area (Å²) in [5, 5.41) is 6.01. The van der Waals surface area contributed by atoms with Gasteiger partial charge in [0.05, 0.1) is 5.41 Å². The normalized spacial score (nSPS) is 19.2. The molecular weight excluding hydrogens is 565 g/mol. The number of rotatable bonds is 8. The molecule has 0 amide bonds. The Morgan fingerprint density at radius 3 is 1.33 bits per heavy atom. The molecule has 0 radical (unpaired) electrons. The minimum Gasteiger partial charge on any atom is -0.492 e. The van der Waals surface area contributed by atoms with Crippen LogP contribution in [-0.4, -0.2) is 35.2 Å². The first-order valence-corrected chi connectivity index (χ1v) is 17.1. The second kappa shape index (κ2) is 10.1. The second-order valence-electron chi connectivity index (χ2n) is 11.7. The number of benzene rings is 6. The van der Waals surface area contributed by atoms with Crippen molar-refractivity contribution in [2.24, 2.45) is 0 Å². The van der Waals surface area contributed by atoms with Crippen LogP contribution in [0, 0.1) is 0 Å². The molecule has 9 rings (SSSR count). The highest BCUT2D eigenvalue weighted by Gasteiger charge is 2.47. The van der Waals surface area contributed by atoms with E-state index in [2.05, 4.69) is 121 Å². The maximum absolute atomic E-state index is 6.44. The SMILES string of the molecule is c1ccc2c(c1)-c1ccccc1C2(c1cccc2c(OCC3CS3)cccc12)c1cccc2c(OCC3CS3)cccc12. The van der Waals surface area contributed by atoms with Gasteiger partial charge >= 0.3 is 0 Å². The van der Waals surface area contributed by atoms with Crippen molar-refractivity contribution < 1.29 is 9.47 Å². The van der Waals surface area contributed by atoms with Crippen LogP contribution < -0.4 is 9.47 Å². The lowest BCUT2D eigenvalue weighted by atomic mass is 9.65. The number of fused-ring (bicyclic) bond motifs is 5. The molecule has 0 bridgehead atoms. The zero-order valence-corrected chi connectivity index (χ0v) is 25.3. The van der Waals surface area contributed by atoms with Crippen LogP contribution in [0.2, 0.25) is 0 Å². The summed E-state index contributed by atoms with van der Waals surface area (Å²) >= 11 is 3.94. The Labute approximate surface area is 260 Å². The summed E-state index contributed by atoms with van der Waals surface area (Å²) in [6.45, 7) is 1.52. The van der Waals surface area contributed by atoms with Crippen molar-refractivity contribution in [3.8, 4) is 22.6 Å². The van der Waals surface area contributed by atoms with Gasteiger partial charge in [-0.25, -0.2) is 0 Å². The van der Waals surface area contributed by atoms with E-state index in [4.69, 9.17) is 9.47 Å². The summed E-state index contributed by atoms with van der Waals surface area (Å²) in [5.41, 5.74) is 7.26. The van der Waals surface area contributed by atoms with E-state index < -0.39 is 5.41 Å². The average Bonchev–Trinajstić information content (AvgIpc) is 4.01. The lowest BCUT2D eigenvalue weighted by Gasteiger charge is -2.36. The van der Waals surface area contributed by atoms with Gasteiger partial charge in [0, 0.05) is 32.8 Å². The zero-order valence-electron chi connectivity index (χ0n) is 23.7. The average molecular weight is 595 g/mol. The standard InChI is InChI=1S/C39H30O2S2/c1-3-15-33-27(9-1)28-10-2-4-16-34(28)39(33,35-17-5-13-31-29(35)11-7-19-37(31)40-21-25-23-42-25)36-18-6-14-32-30(36)12-8-20-38(32)41-22-26-24-43-26/h1-20,25-26H,21-24H2. The lowest BCUT2D eigenvalue weighted by molar-refractivity contribution is 0.334. The molecule has 210 valence electrons. The van der Waals surface area contributed by atoms with Crippen molar-refractivity contribution in [3.63, 3.8) is 0 Å². The predicted molar refractivity (Wildman–Crippen MR) is 182 cm³/mol. The van der Waals surface area contributed by atoms with Gasteiger partial charge < -0.3 is 9.47 Å². The molecule has 2 unspecified atom stereocenters. The molecule has 2 heterocycles. The van der Waals surface area contributed by atoms with E-state index in [9.17, 15) is 0 Å². The molecule has 2 aliphatic heterocycles. The molecule has 0 saturated carbocycles. The Bertz CT molecular complexity index is 1880. The van der Waals surface area contributed by atoms with Gasteiger partial charge in [-0.05, 0) is 56.3 Å². The van der Waals surface area contributed by atoms with Crippen LogP contribution in [0.15, 0.2) is 121 Å². The van der Waals surface area contributed by atoms with Gasteiger partial charge in [-0.1, -0.05) is 109 Å². The maximum atomic E-state index is 6.44. The molecule has 2 atom stereocenters. The monoisotopic (exact) mass is 594 g/mol.